The summed E-state index contributed by atoms with van der Waals surface area (Å²) in [4.78, 5) is 38.0. The van der Waals surface area contributed by atoms with E-state index in [4.69, 9.17) is 13.6 Å². The fraction of sp³-hybridized carbons (Fsp3) is 0.133. The molecule has 2 aromatic heterocycles. The van der Waals surface area contributed by atoms with E-state index in [1.165, 1.54) is 30.3 Å². The van der Waals surface area contributed by atoms with Gasteiger partial charge in [0.2, 0.25) is 0 Å². The van der Waals surface area contributed by atoms with E-state index in [-0.39, 0.29) is 23.5 Å². The Morgan fingerprint density at radius 3 is 2.65 bits per heavy atom. The molecule has 1 amide bonds. The summed E-state index contributed by atoms with van der Waals surface area (Å²) in [6.07, 6.45) is 0.105. The number of carbonyl (C=O) groups is 1. The number of aryl methyl sites for hydroxylation is 1. The van der Waals surface area contributed by atoms with Crippen LogP contribution in [0.4, 0.5) is 0 Å². The lowest BCUT2D eigenvalue weighted by Crippen LogP contribution is -2.31. The maximum atomic E-state index is 13.4. The first-order chi connectivity index (χ1) is 19.3. The van der Waals surface area contributed by atoms with E-state index in [1.54, 1.807) is 43.3 Å². The van der Waals surface area contributed by atoms with E-state index in [2.05, 4.69) is 5.10 Å². The van der Waals surface area contributed by atoms with Crippen LogP contribution in [0.1, 0.15) is 29.2 Å². The second kappa shape index (κ2) is 9.73. The van der Waals surface area contributed by atoms with Gasteiger partial charge in [-0.15, -0.1) is 0 Å². The minimum Gasteiger partial charge on any atom is -0.508 e. The van der Waals surface area contributed by atoms with Crippen molar-refractivity contribution in [1.82, 2.24) is 5.01 Å². The first-order valence-corrected chi connectivity index (χ1v) is 12.4. The summed E-state index contributed by atoms with van der Waals surface area (Å²) in [5.41, 5.74) is 1.22. The number of rotatable bonds is 5. The number of benzene rings is 3. The molecule has 0 radical (unpaired) electrons. The number of hydrogen-bond acceptors (Lipinski definition) is 9. The Hall–Kier alpha value is -5.38. The zero-order valence-electron chi connectivity index (χ0n) is 21.2. The van der Waals surface area contributed by atoms with E-state index >= 15 is 0 Å². The highest BCUT2D eigenvalue weighted by atomic mass is 16.5. The van der Waals surface area contributed by atoms with Gasteiger partial charge in [-0.2, -0.15) is 5.10 Å². The number of phenols is 2. The molecule has 0 fully saturated rings. The molecule has 0 saturated heterocycles. The number of fused-ring (bicyclic) bond motifs is 2. The molecule has 1 aliphatic heterocycles. The lowest BCUT2D eigenvalue weighted by atomic mass is 9.97. The monoisotopic (exact) mass is 538 g/mol. The molecule has 200 valence electrons. The topological polar surface area (TPSA) is 143 Å². The Bertz CT molecular complexity index is 1960. The molecule has 0 saturated carbocycles. The third-order valence-electron chi connectivity index (χ3n) is 6.78. The largest absolute Gasteiger partial charge is 0.508 e. The van der Waals surface area contributed by atoms with Crippen LogP contribution in [0.5, 0.6) is 17.2 Å². The van der Waals surface area contributed by atoms with Gasteiger partial charge >= 0.3 is 11.3 Å². The summed E-state index contributed by atoms with van der Waals surface area (Å²) in [6, 6.07) is 18.3. The summed E-state index contributed by atoms with van der Waals surface area (Å²) in [7, 11) is 0. The van der Waals surface area contributed by atoms with Crippen molar-refractivity contribution in [2.45, 2.75) is 19.4 Å². The van der Waals surface area contributed by atoms with Crippen LogP contribution in [-0.4, -0.2) is 33.4 Å². The molecule has 1 unspecified atom stereocenters. The van der Waals surface area contributed by atoms with Gasteiger partial charge in [0.1, 0.15) is 28.4 Å². The predicted octanol–water partition coefficient (Wildman–Crippen LogP) is 4.38. The zero-order valence-corrected chi connectivity index (χ0v) is 21.2. The molecule has 10 heteroatoms. The molecule has 0 aliphatic carbocycles. The van der Waals surface area contributed by atoms with Gasteiger partial charge in [0.25, 0.3) is 5.91 Å². The molecule has 2 N–H and O–H groups in total. The molecular formula is C30H22N2O8. The fourth-order valence-electron chi connectivity index (χ4n) is 4.83. The molecule has 1 atom stereocenters. The van der Waals surface area contributed by atoms with Crippen molar-refractivity contribution in [3.05, 3.63) is 110 Å². The molecule has 6 rings (SSSR count). The number of para-hydroxylation sites is 1. The summed E-state index contributed by atoms with van der Waals surface area (Å²) in [5.74, 6) is -0.624. The number of phenolic OH excluding ortho intramolecular Hbond substituents is 2. The number of aromatic hydroxyl groups is 2. The van der Waals surface area contributed by atoms with Crippen LogP contribution in [0.2, 0.25) is 0 Å². The number of hydrazone groups is 1. The Morgan fingerprint density at radius 2 is 1.82 bits per heavy atom. The first kappa shape index (κ1) is 24.9. The molecule has 3 heterocycles. The van der Waals surface area contributed by atoms with E-state index in [0.29, 0.717) is 33.6 Å². The zero-order chi connectivity index (χ0) is 28.0. The molecule has 0 bridgehead atoms. The summed E-state index contributed by atoms with van der Waals surface area (Å²) in [6.45, 7) is 1.36. The van der Waals surface area contributed by atoms with Gasteiger partial charge in [-0.1, -0.05) is 18.2 Å². The molecular weight excluding hydrogens is 516 g/mol. The lowest BCUT2D eigenvalue weighted by molar-refractivity contribution is -0.135. The van der Waals surface area contributed by atoms with Crippen LogP contribution in [0.25, 0.3) is 21.9 Å². The highest BCUT2D eigenvalue weighted by Crippen LogP contribution is 2.38. The normalized spacial score (nSPS) is 15.0. The van der Waals surface area contributed by atoms with Gasteiger partial charge in [0, 0.05) is 41.0 Å². The predicted molar refractivity (Wildman–Crippen MR) is 146 cm³/mol. The molecule has 10 nitrogen and oxygen atoms in total. The van der Waals surface area contributed by atoms with Gasteiger partial charge < -0.3 is 23.8 Å². The number of ether oxygens (including phenoxy) is 1. The smallest absolute Gasteiger partial charge is 0.345 e. The second-order valence-electron chi connectivity index (χ2n) is 9.43. The lowest BCUT2D eigenvalue weighted by Gasteiger charge is -2.23. The Kier molecular flexibility index (Phi) is 6.07. The van der Waals surface area contributed by atoms with E-state index in [0.717, 1.165) is 16.0 Å². The van der Waals surface area contributed by atoms with E-state index in [9.17, 15) is 24.6 Å². The average molecular weight is 539 g/mol. The third-order valence-corrected chi connectivity index (χ3v) is 6.78. The summed E-state index contributed by atoms with van der Waals surface area (Å²) < 4.78 is 16.4. The third kappa shape index (κ3) is 4.55. The number of carbonyl (C=O) groups excluding carboxylic acids is 1. The van der Waals surface area contributed by atoms with Crippen molar-refractivity contribution in [3.8, 4) is 17.2 Å². The van der Waals surface area contributed by atoms with Gasteiger partial charge in [0.05, 0.1) is 17.3 Å². The highest BCUT2D eigenvalue weighted by molar-refractivity contribution is 6.04. The van der Waals surface area contributed by atoms with E-state index in [1.807, 2.05) is 6.07 Å². The maximum Gasteiger partial charge on any atom is 0.345 e. The Morgan fingerprint density at radius 1 is 1.00 bits per heavy atom. The van der Waals surface area contributed by atoms with Crippen LogP contribution in [0.3, 0.4) is 0 Å². The van der Waals surface area contributed by atoms with Crippen molar-refractivity contribution in [1.29, 1.82) is 0 Å². The summed E-state index contributed by atoms with van der Waals surface area (Å²) >= 11 is 0. The van der Waals surface area contributed by atoms with Crippen molar-refractivity contribution < 1.29 is 28.6 Å². The maximum absolute atomic E-state index is 13.4. The van der Waals surface area contributed by atoms with E-state index < -0.39 is 29.8 Å². The summed E-state index contributed by atoms with van der Waals surface area (Å²) in [5, 5.41) is 27.4. The number of nitrogens with zero attached hydrogens (tertiary/aromatic N) is 2. The van der Waals surface area contributed by atoms with Crippen LogP contribution in [-0.2, 0) is 4.79 Å². The number of hydrogen-bond donors (Lipinski definition) is 2. The Labute approximate surface area is 226 Å². The Balaban J connectivity index is 1.33. The van der Waals surface area contributed by atoms with Crippen LogP contribution < -0.4 is 16.0 Å². The van der Waals surface area contributed by atoms with Crippen LogP contribution in [0.15, 0.2) is 96.3 Å². The number of amides is 1. The molecule has 5 aromatic rings. The first-order valence-electron chi connectivity index (χ1n) is 12.4. The average Bonchev–Trinajstić information content (AvgIpc) is 3.36. The van der Waals surface area contributed by atoms with Gasteiger partial charge in [-0.25, -0.2) is 14.6 Å². The van der Waals surface area contributed by atoms with Crippen molar-refractivity contribution in [2.24, 2.45) is 5.10 Å². The highest BCUT2D eigenvalue weighted by Gasteiger charge is 2.36. The molecule has 0 spiro atoms. The van der Waals surface area contributed by atoms with Gasteiger partial charge in [-0.05, 0) is 48.9 Å². The van der Waals surface area contributed by atoms with Crippen molar-refractivity contribution >= 4 is 33.6 Å². The molecule has 1 aliphatic rings. The van der Waals surface area contributed by atoms with Gasteiger partial charge in [0.15, 0.2) is 6.61 Å². The van der Waals surface area contributed by atoms with Crippen LogP contribution >= 0.6 is 0 Å². The second-order valence-corrected chi connectivity index (χ2v) is 9.43. The fourth-order valence-corrected chi connectivity index (χ4v) is 4.83. The van der Waals surface area contributed by atoms with Gasteiger partial charge in [-0.3, -0.25) is 4.79 Å². The van der Waals surface area contributed by atoms with Crippen molar-refractivity contribution in [3.63, 3.8) is 0 Å². The standard InChI is InChI=1S/C30H22N2O8/c1-16-10-29(36)39-27-13-19(7-9-20(16)27)38-15-28(35)32-24(21-8-6-18(33)12-25(21)34)14-23(31-32)22-11-17-4-2-3-5-26(17)40-30(22)37/h2-13,24,33-34H,14-15H2,1H3. The molecule has 40 heavy (non-hydrogen) atoms. The SMILES string of the molecule is Cc1cc(=O)oc2cc(OCC(=O)N3N=C(c4cc5ccccc5oc4=O)CC3c3ccc(O)cc3O)ccc12. The molecule has 3 aromatic carbocycles. The minimum atomic E-state index is -0.783. The van der Waals surface area contributed by atoms with Crippen molar-refractivity contribution in [2.75, 3.05) is 6.61 Å². The van der Waals surface area contributed by atoms with Crippen LogP contribution in [0, 0.1) is 6.92 Å². The minimum absolute atomic E-state index is 0.105. The quantitative estimate of drug-likeness (QED) is 0.314.